The lowest BCUT2D eigenvalue weighted by atomic mass is 10.1. The number of ether oxygens (including phenoxy) is 6. The summed E-state index contributed by atoms with van der Waals surface area (Å²) in [5.41, 5.74) is 0.329. The highest BCUT2D eigenvalue weighted by atomic mass is 32.1. The first-order valence-corrected chi connectivity index (χ1v) is 10.9. The molecule has 9 nitrogen and oxygen atoms in total. The number of methoxy groups -OCH3 is 5. The molecule has 1 heterocycles. The zero-order valence-corrected chi connectivity index (χ0v) is 20.5. The van der Waals surface area contributed by atoms with Crippen molar-refractivity contribution in [3.8, 4) is 28.9 Å². The summed E-state index contributed by atoms with van der Waals surface area (Å²) in [5.74, 6) is -2.02. The molecule has 0 aliphatic rings. The van der Waals surface area contributed by atoms with Gasteiger partial charge in [0, 0.05) is 24.2 Å². The van der Waals surface area contributed by atoms with Crippen LogP contribution in [0.3, 0.4) is 0 Å². The van der Waals surface area contributed by atoms with Crippen LogP contribution in [0.4, 0.5) is 13.8 Å². The maximum absolute atomic E-state index is 14.7. The minimum atomic E-state index is -0.953. The molecule has 0 fully saturated rings. The van der Waals surface area contributed by atoms with E-state index in [1.54, 1.807) is 19.2 Å². The number of hydrogen-bond acceptors (Lipinski definition) is 10. The second-order valence-corrected chi connectivity index (χ2v) is 7.66. The lowest BCUT2D eigenvalue weighted by molar-refractivity contribution is 0.0596. The van der Waals surface area contributed by atoms with Gasteiger partial charge in [-0.2, -0.15) is 4.37 Å². The van der Waals surface area contributed by atoms with E-state index < -0.39 is 29.8 Å². The fourth-order valence-electron chi connectivity index (χ4n) is 3.15. The molecule has 0 unspecified atom stereocenters. The lowest BCUT2D eigenvalue weighted by Gasteiger charge is -2.13. The Morgan fingerprint density at radius 3 is 2.17 bits per heavy atom. The molecule has 0 saturated carbocycles. The largest absolute Gasteiger partial charge is 0.497 e. The van der Waals surface area contributed by atoms with Crippen LogP contribution in [0.15, 0.2) is 24.3 Å². The first-order chi connectivity index (χ1) is 16.9. The Labute approximate surface area is 204 Å². The average molecular weight is 511 g/mol. The van der Waals surface area contributed by atoms with Crippen LogP contribution in [-0.2, 0) is 17.9 Å². The number of anilines is 1. The van der Waals surface area contributed by atoms with Crippen molar-refractivity contribution >= 4 is 22.5 Å². The zero-order chi connectivity index (χ0) is 25.5. The van der Waals surface area contributed by atoms with Gasteiger partial charge in [-0.15, -0.1) is 0 Å². The summed E-state index contributed by atoms with van der Waals surface area (Å²) in [6.07, 6.45) is 0. The third kappa shape index (κ3) is 5.48. The van der Waals surface area contributed by atoms with E-state index in [1.165, 1.54) is 28.4 Å². The Balaban J connectivity index is 1.86. The Morgan fingerprint density at radius 1 is 0.943 bits per heavy atom. The van der Waals surface area contributed by atoms with Crippen LogP contribution in [0.5, 0.6) is 28.9 Å². The van der Waals surface area contributed by atoms with Crippen molar-refractivity contribution in [2.24, 2.45) is 0 Å². The molecule has 0 bridgehead atoms. The maximum Gasteiger partial charge on any atom is 0.346 e. The Morgan fingerprint density at radius 2 is 1.60 bits per heavy atom. The second kappa shape index (κ2) is 11.6. The Kier molecular flexibility index (Phi) is 8.53. The summed E-state index contributed by atoms with van der Waals surface area (Å²) in [5, 5.41) is 3.44. The summed E-state index contributed by atoms with van der Waals surface area (Å²) in [7, 11) is 6.76. The van der Waals surface area contributed by atoms with Gasteiger partial charge in [-0.1, -0.05) is 0 Å². The van der Waals surface area contributed by atoms with Gasteiger partial charge in [0.05, 0.1) is 41.1 Å². The van der Waals surface area contributed by atoms with Crippen molar-refractivity contribution in [3.63, 3.8) is 0 Å². The third-order valence-corrected chi connectivity index (χ3v) is 5.79. The molecule has 0 saturated heterocycles. The first kappa shape index (κ1) is 25.8. The highest BCUT2D eigenvalue weighted by molar-refractivity contribution is 7.10. The van der Waals surface area contributed by atoms with Gasteiger partial charge >= 0.3 is 5.97 Å². The number of carbonyl (C=O) groups excluding carboxylic acids is 1. The van der Waals surface area contributed by atoms with E-state index in [2.05, 4.69) is 9.69 Å². The topological polar surface area (TPSA) is 97.4 Å². The first-order valence-electron chi connectivity index (χ1n) is 10.1. The predicted octanol–water partition coefficient (Wildman–Crippen LogP) is 4.43. The van der Waals surface area contributed by atoms with Gasteiger partial charge in [0.25, 0.3) is 0 Å². The highest BCUT2D eigenvalue weighted by Crippen LogP contribution is 2.35. The SMILES string of the molecule is COC(=O)c1c(OCc2c(F)c(OC)cc(OC)c2F)nsc1NCc1ccc(OC)cc1OC. The molecule has 0 spiro atoms. The number of nitrogens with zero attached hydrogens (tertiary/aromatic N) is 1. The molecular formula is C23H24F2N2O7S. The molecule has 0 radical (unpaired) electrons. The lowest BCUT2D eigenvalue weighted by Crippen LogP contribution is -2.10. The van der Waals surface area contributed by atoms with Crippen molar-refractivity contribution < 1.29 is 42.0 Å². The summed E-state index contributed by atoms with van der Waals surface area (Å²) >= 11 is 0.930. The summed E-state index contributed by atoms with van der Waals surface area (Å²) in [4.78, 5) is 12.5. The molecule has 0 amide bonds. The number of benzene rings is 2. The monoisotopic (exact) mass is 510 g/mol. The second-order valence-electron chi connectivity index (χ2n) is 6.89. The fourth-order valence-corrected chi connectivity index (χ4v) is 3.87. The van der Waals surface area contributed by atoms with Crippen LogP contribution in [0.1, 0.15) is 21.5 Å². The number of hydrogen-bond donors (Lipinski definition) is 1. The van der Waals surface area contributed by atoms with Gasteiger partial charge in [-0.05, 0) is 23.7 Å². The number of rotatable bonds is 11. The van der Waals surface area contributed by atoms with Gasteiger partial charge in [-0.25, -0.2) is 13.6 Å². The highest BCUT2D eigenvalue weighted by Gasteiger charge is 2.26. The minimum absolute atomic E-state index is 0.0133. The van der Waals surface area contributed by atoms with Crippen molar-refractivity contribution in [1.29, 1.82) is 0 Å². The number of esters is 1. The molecule has 0 aliphatic heterocycles. The summed E-state index contributed by atoms with van der Waals surface area (Å²) in [6.45, 7) is -0.306. The fraction of sp³-hybridized carbons (Fsp3) is 0.304. The van der Waals surface area contributed by atoms with Gasteiger partial charge in [0.15, 0.2) is 28.7 Å². The van der Waals surface area contributed by atoms with E-state index in [0.29, 0.717) is 16.5 Å². The van der Waals surface area contributed by atoms with Crippen molar-refractivity contribution in [2.45, 2.75) is 13.2 Å². The Hall–Kier alpha value is -3.80. The molecule has 3 rings (SSSR count). The van der Waals surface area contributed by atoms with Crippen molar-refractivity contribution in [1.82, 2.24) is 4.37 Å². The van der Waals surface area contributed by atoms with Gasteiger partial charge in [0.2, 0.25) is 5.88 Å². The molecular weight excluding hydrogens is 486 g/mol. The number of halogens is 2. The normalized spacial score (nSPS) is 10.5. The number of carbonyl (C=O) groups is 1. The van der Waals surface area contributed by atoms with Gasteiger partial charge in [-0.3, -0.25) is 0 Å². The van der Waals surface area contributed by atoms with Crippen LogP contribution in [-0.4, -0.2) is 45.9 Å². The molecule has 1 aromatic heterocycles. The van der Waals surface area contributed by atoms with E-state index in [9.17, 15) is 13.6 Å². The van der Waals surface area contributed by atoms with Gasteiger partial charge < -0.3 is 33.7 Å². The molecule has 188 valence electrons. The van der Waals surface area contributed by atoms with Crippen LogP contribution in [0.2, 0.25) is 0 Å². The zero-order valence-electron chi connectivity index (χ0n) is 19.7. The molecule has 2 aromatic carbocycles. The van der Waals surface area contributed by atoms with Crippen LogP contribution >= 0.6 is 11.5 Å². The maximum atomic E-state index is 14.7. The Bertz CT molecular complexity index is 1170. The smallest absolute Gasteiger partial charge is 0.346 e. The van der Waals surface area contributed by atoms with E-state index in [1.807, 2.05) is 6.07 Å². The van der Waals surface area contributed by atoms with E-state index in [4.69, 9.17) is 28.4 Å². The van der Waals surface area contributed by atoms with Gasteiger partial charge in [0.1, 0.15) is 23.1 Å². The van der Waals surface area contributed by atoms with E-state index in [0.717, 1.165) is 23.2 Å². The molecule has 3 aromatic rings. The molecule has 35 heavy (non-hydrogen) atoms. The van der Waals surface area contributed by atoms with Crippen molar-refractivity contribution in [2.75, 3.05) is 40.9 Å². The number of nitrogens with one attached hydrogen (secondary N) is 1. The third-order valence-electron chi connectivity index (χ3n) is 5.00. The predicted molar refractivity (Wildman–Crippen MR) is 124 cm³/mol. The van der Waals surface area contributed by atoms with Crippen molar-refractivity contribution in [3.05, 3.63) is 52.6 Å². The molecule has 12 heteroatoms. The average Bonchev–Trinajstić information content (AvgIpc) is 3.29. The summed E-state index contributed by atoms with van der Waals surface area (Å²) in [6, 6.07) is 6.40. The minimum Gasteiger partial charge on any atom is -0.497 e. The van der Waals surface area contributed by atoms with E-state index in [-0.39, 0.29) is 29.5 Å². The van der Waals surface area contributed by atoms with Crippen LogP contribution in [0.25, 0.3) is 0 Å². The quantitative estimate of drug-likeness (QED) is 0.376. The molecule has 0 atom stereocenters. The van der Waals surface area contributed by atoms with Crippen LogP contribution in [0, 0.1) is 11.6 Å². The van der Waals surface area contributed by atoms with E-state index >= 15 is 0 Å². The molecule has 0 aliphatic carbocycles. The molecule has 1 N–H and O–H groups in total. The standard InChI is InChI=1S/C23H24F2N2O7S/c1-29-13-7-6-12(15(8-13)30-2)10-26-22-18(23(28)33-5)21(27-35-22)34-11-14-19(24)16(31-3)9-17(32-4)20(14)25/h6-9,26H,10-11H2,1-5H3. The number of aromatic nitrogens is 1. The summed E-state index contributed by atoms with van der Waals surface area (Å²) < 4.78 is 64.3. The van der Waals surface area contributed by atoms with Crippen LogP contribution < -0.4 is 29.0 Å².